The first-order valence-corrected chi connectivity index (χ1v) is 7.98. The van der Waals surface area contributed by atoms with Gasteiger partial charge in [-0.25, -0.2) is 0 Å². The first kappa shape index (κ1) is 17.9. The maximum atomic E-state index is 12.7. The predicted molar refractivity (Wildman–Crippen MR) is 93.0 cm³/mol. The van der Waals surface area contributed by atoms with Gasteiger partial charge in [-0.2, -0.15) is 0 Å². The van der Waals surface area contributed by atoms with Crippen LogP contribution < -0.4 is 10.5 Å². The Morgan fingerprint density at radius 2 is 2.17 bits per heavy atom. The maximum absolute atomic E-state index is 12.7. The van der Waals surface area contributed by atoms with Gasteiger partial charge in [0.25, 0.3) is 5.91 Å². The summed E-state index contributed by atoms with van der Waals surface area (Å²) in [6.07, 6.45) is 5.67. The highest BCUT2D eigenvalue weighted by Gasteiger charge is 2.19. The molecule has 0 saturated carbocycles. The van der Waals surface area contributed by atoms with Crippen LogP contribution in [0.15, 0.2) is 36.8 Å². The van der Waals surface area contributed by atoms with E-state index in [9.17, 15) is 4.79 Å². The van der Waals surface area contributed by atoms with E-state index >= 15 is 0 Å². The van der Waals surface area contributed by atoms with E-state index in [1.54, 1.807) is 36.6 Å². The van der Waals surface area contributed by atoms with Crippen LogP contribution in [-0.4, -0.2) is 47.0 Å². The predicted octanol–water partition coefficient (Wildman–Crippen LogP) is 1.83. The van der Waals surface area contributed by atoms with Crippen LogP contribution in [0.3, 0.4) is 0 Å². The van der Waals surface area contributed by atoms with Crippen LogP contribution in [-0.2, 0) is 6.42 Å². The van der Waals surface area contributed by atoms with Gasteiger partial charge in [-0.3, -0.25) is 14.8 Å². The zero-order chi connectivity index (χ0) is 17.5. The molecule has 0 spiro atoms. The average molecular weight is 328 g/mol. The molecule has 6 nitrogen and oxygen atoms in total. The van der Waals surface area contributed by atoms with Crippen LogP contribution in [0.5, 0.6) is 5.75 Å². The van der Waals surface area contributed by atoms with Gasteiger partial charge in [-0.05, 0) is 31.5 Å². The number of carbonyl (C=O) groups is 1. The van der Waals surface area contributed by atoms with Crippen molar-refractivity contribution >= 4 is 5.91 Å². The lowest BCUT2D eigenvalue weighted by Gasteiger charge is -2.25. The van der Waals surface area contributed by atoms with Crippen molar-refractivity contribution in [1.29, 1.82) is 0 Å². The summed E-state index contributed by atoms with van der Waals surface area (Å²) in [6, 6.07) is 5.49. The molecule has 0 fully saturated rings. The number of aryl methyl sites for hydroxylation is 1. The molecule has 0 aliphatic carbocycles. The van der Waals surface area contributed by atoms with E-state index < -0.39 is 0 Å². The number of benzene rings is 1. The molecule has 128 valence electrons. The minimum Gasteiger partial charge on any atom is -0.492 e. The number of hydrogen-bond acceptors (Lipinski definition) is 5. The Kier molecular flexibility index (Phi) is 6.26. The highest BCUT2D eigenvalue weighted by Crippen LogP contribution is 2.21. The third-order valence-corrected chi connectivity index (χ3v) is 3.91. The van der Waals surface area contributed by atoms with Gasteiger partial charge >= 0.3 is 0 Å². The molecule has 1 amide bonds. The van der Waals surface area contributed by atoms with Gasteiger partial charge in [0.05, 0.1) is 5.69 Å². The number of nitrogens with zero attached hydrogens (tertiary/aromatic N) is 3. The normalized spacial score (nSPS) is 11.8. The third-order valence-electron chi connectivity index (χ3n) is 3.91. The monoisotopic (exact) mass is 328 g/mol. The largest absolute Gasteiger partial charge is 0.492 e. The second kappa shape index (κ2) is 8.40. The second-order valence-corrected chi connectivity index (χ2v) is 5.78. The second-order valence-electron chi connectivity index (χ2n) is 5.78. The van der Waals surface area contributed by atoms with Gasteiger partial charge in [-0.15, -0.1) is 0 Å². The minimum absolute atomic E-state index is 0.00362. The molecule has 24 heavy (non-hydrogen) atoms. The van der Waals surface area contributed by atoms with Gasteiger partial charge in [0.1, 0.15) is 12.4 Å². The highest BCUT2D eigenvalue weighted by molar-refractivity contribution is 5.94. The lowest BCUT2D eigenvalue weighted by molar-refractivity contribution is 0.0742. The van der Waals surface area contributed by atoms with Crippen LogP contribution in [0.2, 0.25) is 0 Å². The molecule has 1 heterocycles. The molecule has 2 aromatic rings. The van der Waals surface area contributed by atoms with Crippen molar-refractivity contribution in [3.05, 3.63) is 53.6 Å². The van der Waals surface area contributed by atoms with Crippen LogP contribution in [0, 0.1) is 6.92 Å². The summed E-state index contributed by atoms with van der Waals surface area (Å²) in [7, 11) is 1.80. The lowest BCUT2D eigenvalue weighted by atomic mass is 10.1. The van der Waals surface area contributed by atoms with Crippen molar-refractivity contribution in [2.45, 2.75) is 26.3 Å². The quantitative estimate of drug-likeness (QED) is 0.838. The van der Waals surface area contributed by atoms with E-state index in [2.05, 4.69) is 9.97 Å². The molecule has 6 heteroatoms. The number of aromatic nitrogens is 2. The molecule has 0 aliphatic rings. The minimum atomic E-state index is -0.0519. The molecule has 2 rings (SSSR count). The van der Waals surface area contributed by atoms with Crippen molar-refractivity contribution in [1.82, 2.24) is 14.9 Å². The van der Waals surface area contributed by atoms with Crippen molar-refractivity contribution in [2.24, 2.45) is 5.73 Å². The third kappa shape index (κ3) is 4.52. The SMILES string of the molecule is Cc1ccc(C(=O)N(C)C(C)Cc2cnccn2)cc1OCCN. The Morgan fingerprint density at radius 3 is 2.83 bits per heavy atom. The maximum Gasteiger partial charge on any atom is 0.253 e. The van der Waals surface area contributed by atoms with Crippen molar-refractivity contribution in [2.75, 3.05) is 20.2 Å². The van der Waals surface area contributed by atoms with Crippen LogP contribution in [0.1, 0.15) is 28.5 Å². The summed E-state index contributed by atoms with van der Waals surface area (Å²) in [4.78, 5) is 22.8. The molecule has 1 aromatic heterocycles. The zero-order valence-corrected chi connectivity index (χ0v) is 14.4. The Bertz CT molecular complexity index is 676. The molecule has 1 aromatic carbocycles. The summed E-state index contributed by atoms with van der Waals surface area (Å²) >= 11 is 0. The van der Waals surface area contributed by atoms with Crippen LogP contribution in [0.25, 0.3) is 0 Å². The number of nitrogens with two attached hydrogens (primary N) is 1. The molecule has 0 saturated heterocycles. The number of ether oxygens (including phenoxy) is 1. The lowest BCUT2D eigenvalue weighted by Crippen LogP contribution is -2.36. The molecule has 0 bridgehead atoms. The Hall–Kier alpha value is -2.47. The van der Waals surface area contributed by atoms with E-state index in [1.807, 2.05) is 26.0 Å². The van der Waals surface area contributed by atoms with E-state index in [4.69, 9.17) is 10.5 Å². The number of likely N-dealkylation sites (N-methyl/N-ethyl adjacent to an activating group) is 1. The molecular weight excluding hydrogens is 304 g/mol. The molecule has 0 aliphatic heterocycles. The van der Waals surface area contributed by atoms with Gasteiger partial charge in [0.2, 0.25) is 0 Å². The van der Waals surface area contributed by atoms with Crippen molar-refractivity contribution < 1.29 is 9.53 Å². The van der Waals surface area contributed by atoms with E-state index in [-0.39, 0.29) is 11.9 Å². The van der Waals surface area contributed by atoms with Gasteiger partial charge in [0, 0.05) is 50.2 Å². The number of amides is 1. The molecule has 1 unspecified atom stereocenters. The number of hydrogen-bond donors (Lipinski definition) is 1. The topological polar surface area (TPSA) is 81.3 Å². The van der Waals surface area contributed by atoms with E-state index in [1.165, 1.54) is 0 Å². The first-order valence-electron chi connectivity index (χ1n) is 7.98. The average Bonchev–Trinajstić information content (AvgIpc) is 2.60. The Morgan fingerprint density at radius 1 is 1.38 bits per heavy atom. The number of carbonyl (C=O) groups excluding carboxylic acids is 1. The first-order chi connectivity index (χ1) is 11.5. The Balaban J connectivity index is 2.09. The van der Waals surface area contributed by atoms with Crippen LogP contribution >= 0.6 is 0 Å². The van der Waals surface area contributed by atoms with Crippen molar-refractivity contribution in [3.63, 3.8) is 0 Å². The standard InChI is InChI=1S/C18H24N4O2/c1-13-4-5-15(11-17(13)24-9-6-19)18(23)22(3)14(2)10-16-12-20-7-8-21-16/h4-5,7-8,11-12,14H,6,9-10,19H2,1-3H3. The Labute approximate surface area is 142 Å². The fraction of sp³-hybridized carbons (Fsp3) is 0.389. The molecule has 1 atom stereocenters. The van der Waals surface area contributed by atoms with Crippen LogP contribution in [0.4, 0.5) is 0 Å². The smallest absolute Gasteiger partial charge is 0.253 e. The summed E-state index contributed by atoms with van der Waals surface area (Å²) in [5.74, 6) is 0.644. The highest BCUT2D eigenvalue weighted by atomic mass is 16.5. The van der Waals surface area contributed by atoms with Gasteiger partial charge < -0.3 is 15.4 Å². The summed E-state index contributed by atoms with van der Waals surface area (Å²) < 4.78 is 5.60. The number of rotatable bonds is 7. The van der Waals surface area contributed by atoms with E-state index in [0.29, 0.717) is 30.9 Å². The molecule has 0 radical (unpaired) electrons. The summed E-state index contributed by atoms with van der Waals surface area (Å²) in [6.45, 7) is 4.80. The molecular formula is C18H24N4O2. The van der Waals surface area contributed by atoms with Gasteiger partial charge in [-0.1, -0.05) is 6.07 Å². The van der Waals surface area contributed by atoms with Crippen molar-refractivity contribution in [3.8, 4) is 5.75 Å². The fourth-order valence-electron chi connectivity index (χ4n) is 2.34. The summed E-state index contributed by atoms with van der Waals surface area (Å²) in [5.41, 5.74) is 7.92. The zero-order valence-electron chi connectivity index (χ0n) is 14.4. The summed E-state index contributed by atoms with van der Waals surface area (Å²) in [5, 5.41) is 0. The fourth-order valence-corrected chi connectivity index (χ4v) is 2.34. The molecule has 2 N–H and O–H groups in total. The van der Waals surface area contributed by atoms with Gasteiger partial charge in [0.15, 0.2) is 0 Å². The van der Waals surface area contributed by atoms with E-state index in [0.717, 1.165) is 11.3 Å².